The number of anilines is 2. The number of rotatable bonds is 4. The summed E-state index contributed by atoms with van der Waals surface area (Å²) in [6, 6.07) is 7.93. The minimum absolute atomic E-state index is 0.0341. The summed E-state index contributed by atoms with van der Waals surface area (Å²) in [6.07, 6.45) is 0. The van der Waals surface area contributed by atoms with E-state index in [4.69, 9.17) is 10.5 Å². The van der Waals surface area contributed by atoms with Crippen molar-refractivity contribution in [2.75, 3.05) is 17.6 Å². The van der Waals surface area contributed by atoms with Crippen LogP contribution in [0.2, 0.25) is 0 Å². The molecule has 5 nitrogen and oxygen atoms in total. The maximum Gasteiger partial charge on any atom is 0.261 e. The highest BCUT2D eigenvalue weighted by molar-refractivity contribution is 9.10. The van der Waals surface area contributed by atoms with Crippen LogP contribution in [-0.4, -0.2) is 15.5 Å². The number of ether oxygens (including phenoxy) is 1. The smallest absolute Gasteiger partial charge is 0.261 e. The normalized spacial score (nSPS) is 11.2. The molecule has 0 saturated heterocycles. The van der Waals surface area contributed by atoms with Gasteiger partial charge in [0.1, 0.15) is 0 Å². The standard InChI is InChI=1S/C13H12BrFN2O3S/c1-20-13-6-8(2-4-11(13)15)17-21(18,19)9-3-5-12(16)10(14)7-9/h2-7,17H,16H2,1H3. The summed E-state index contributed by atoms with van der Waals surface area (Å²) >= 11 is 3.17. The molecule has 2 rings (SSSR count). The Labute approximate surface area is 130 Å². The van der Waals surface area contributed by atoms with Gasteiger partial charge in [0, 0.05) is 16.2 Å². The fourth-order valence-electron chi connectivity index (χ4n) is 1.61. The lowest BCUT2D eigenvalue weighted by atomic mass is 10.3. The van der Waals surface area contributed by atoms with Gasteiger partial charge in [-0.1, -0.05) is 0 Å². The van der Waals surface area contributed by atoms with Crippen molar-refractivity contribution >= 4 is 37.3 Å². The largest absolute Gasteiger partial charge is 0.494 e. The quantitative estimate of drug-likeness (QED) is 0.806. The van der Waals surface area contributed by atoms with Crippen molar-refractivity contribution in [3.8, 4) is 5.75 Å². The maximum absolute atomic E-state index is 13.3. The van der Waals surface area contributed by atoms with E-state index in [-0.39, 0.29) is 16.3 Å². The van der Waals surface area contributed by atoms with Crippen molar-refractivity contribution in [3.05, 3.63) is 46.7 Å². The third-order valence-electron chi connectivity index (χ3n) is 2.69. The molecule has 0 aliphatic heterocycles. The molecule has 0 spiro atoms. The molecule has 2 aromatic rings. The number of nitrogen functional groups attached to an aromatic ring is 1. The number of sulfonamides is 1. The van der Waals surface area contributed by atoms with Crippen molar-refractivity contribution in [1.82, 2.24) is 0 Å². The van der Waals surface area contributed by atoms with Crippen molar-refractivity contribution < 1.29 is 17.5 Å². The van der Waals surface area contributed by atoms with Gasteiger partial charge < -0.3 is 10.5 Å². The second-order valence-electron chi connectivity index (χ2n) is 4.14. The van der Waals surface area contributed by atoms with E-state index < -0.39 is 15.8 Å². The molecular weight excluding hydrogens is 363 g/mol. The van der Waals surface area contributed by atoms with E-state index >= 15 is 0 Å². The van der Waals surface area contributed by atoms with E-state index in [1.165, 1.54) is 37.4 Å². The third kappa shape index (κ3) is 3.45. The van der Waals surface area contributed by atoms with Crippen LogP contribution >= 0.6 is 15.9 Å². The Morgan fingerprint density at radius 1 is 1.24 bits per heavy atom. The average Bonchev–Trinajstić information content (AvgIpc) is 2.43. The first-order chi connectivity index (χ1) is 9.83. The SMILES string of the molecule is COc1cc(NS(=O)(=O)c2ccc(N)c(Br)c2)ccc1F. The molecule has 0 bridgehead atoms. The highest BCUT2D eigenvalue weighted by Gasteiger charge is 2.16. The van der Waals surface area contributed by atoms with Gasteiger partial charge in [-0.25, -0.2) is 12.8 Å². The van der Waals surface area contributed by atoms with Crippen LogP contribution in [0.15, 0.2) is 45.8 Å². The molecule has 0 radical (unpaired) electrons. The lowest BCUT2D eigenvalue weighted by molar-refractivity contribution is 0.387. The first kappa shape index (κ1) is 15.6. The third-order valence-corrected chi connectivity index (χ3v) is 4.75. The van der Waals surface area contributed by atoms with Crippen molar-refractivity contribution in [2.24, 2.45) is 0 Å². The Bertz CT molecular complexity index is 781. The van der Waals surface area contributed by atoms with Crippen molar-refractivity contribution in [3.63, 3.8) is 0 Å². The fourth-order valence-corrected chi connectivity index (χ4v) is 3.22. The van der Waals surface area contributed by atoms with Gasteiger partial charge in [-0.2, -0.15) is 0 Å². The fraction of sp³-hybridized carbons (Fsp3) is 0.0769. The first-order valence-corrected chi connectivity index (χ1v) is 8.02. The van der Waals surface area contributed by atoms with Gasteiger partial charge in [0.05, 0.1) is 17.7 Å². The number of hydrogen-bond acceptors (Lipinski definition) is 4. The number of halogens is 2. The van der Waals surface area contributed by atoms with E-state index in [0.717, 1.165) is 6.07 Å². The van der Waals surface area contributed by atoms with Crippen LogP contribution in [-0.2, 0) is 10.0 Å². The van der Waals surface area contributed by atoms with Crippen LogP contribution in [0.3, 0.4) is 0 Å². The van der Waals surface area contributed by atoms with Gasteiger partial charge in [0.25, 0.3) is 10.0 Å². The second-order valence-corrected chi connectivity index (χ2v) is 6.67. The predicted molar refractivity (Wildman–Crippen MR) is 82.3 cm³/mol. The van der Waals surface area contributed by atoms with E-state index in [0.29, 0.717) is 10.2 Å². The Kier molecular flexibility index (Phi) is 4.38. The molecule has 0 heterocycles. The molecule has 21 heavy (non-hydrogen) atoms. The monoisotopic (exact) mass is 374 g/mol. The summed E-state index contributed by atoms with van der Waals surface area (Å²) in [5.74, 6) is -0.621. The molecule has 2 aromatic carbocycles. The van der Waals surface area contributed by atoms with Crippen molar-refractivity contribution in [2.45, 2.75) is 4.90 Å². The molecule has 112 valence electrons. The highest BCUT2D eigenvalue weighted by atomic mass is 79.9. The highest BCUT2D eigenvalue weighted by Crippen LogP contribution is 2.26. The van der Waals surface area contributed by atoms with E-state index in [1.54, 1.807) is 0 Å². The van der Waals surface area contributed by atoms with Gasteiger partial charge in [-0.15, -0.1) is 0 Å². The summed E-state index contributed by atoms with van der Waals surface area (Å²) < 4.78 is 45.4. The summed E-state index contributed by atoms with van der Waals surface area (Å²) in [6.45, 7) is 0. The number of nitrogens with one attached hydrogen (secondary N) is 1. The molecule has 8 heteroatoms. The predicted octanol–water partition coefficient (Wildman–Crippen LogP) is 2.98. The summed E-state index contributed by atoms with van der Waals surface area (Å²) in [7, 11) is -2.50. The molecular formula is C13H12BrFN2O3S. The second kappa shape index (κ2) is 5.90. The Morgan fingerprint density at radius 3 is 2.57 bits per heavy atom. The number of benzene rings is 2. The summed E-state index contributed by atoms with van der Waals surface area (Å²) in [5.41, 5.74) is 6.24. The van der Waals surface area contributed by atoms with Crippen LogP contribution < -0.4 is 15.2 Å². The van der Waals surface area contributed by atoms with Crippen LogP contribution in [0, 0.1) is 5.82 Å². The molecule has 0 aliphatic rings. The van der Waals surface area contributed by atoms with E-state index in [2.05, 4.69) is 20.7 Å². The molecule has 0 aliphatic carbocycles. The van der Waals surface area contributed by atoms with E-state index in [9.17, 15) is 12.8 Å². The van der Waals surface area contributed by atoms with Crippen LogP contribution in [0.1, 0.15) is 0 Å². The molecule has 0 fully saturated rings. The Hall–Kier alpha value is -1.80. The lowest BCUT2D eigenvalue weighted by Crippen LogP contribution is -2.13. The maximum atomic E-state index is 13.3. The van der Waals surface area contributed by atoms with Gasteiger partial charge in [0.15, 0.2) is 11.6 Å². The molecule has 0 unspecified atom stereocenters. The van der Waals surface area contributed by atoms with Crippen LogP contribution in [0.5, 0.6) is 5.75 Å². The summed E-state index contributed by atoms with van der Waals surface area (Å²) in [4.78, 5) is 0.0341. The van der Waals surface area contributed by atoms with Gasteiger partial charge in [-0.05, 0) is 46.3 Å². The van der Waals surface area contributed by atoms with Crippen LogP contribution in [0.4, 0.5) is 15.8 Å². The Balaban J connectivity index is 2.35. The zero-order chi connectivity index (χ0) is 15.6. The first-order valence-electron chi connectivity index (χ1n) is 5.75. The zero-order valence-electron chi connectivity index (χ0n) is 10.9. The van der Waals surface area contributed by atoms with Gasteiger partial charge >= 0.3 is 0 Å². The van der Waals surface area contributed by atoms with Crippen LogP contribution in [0.25, 0.3) is 0 Å². The minimum Gasteiger partial charge on any atom is -0.494 e. The van der Waals surface area contributed by atoms with Gasteiger partial charge in [0.2, 0.25) is 0 Å². The van der Waals surface area contributed by atoms with Gasteiger partial charge in [-0.3, -0.25) is 4.72 Å². The molecule has 0 amide bonds. The molecule has 0 aromatic heterocycles. The van der Waals surface area contributed by atoms with Crippen molar-refractivity contribution in [1.29, 1.82) is 0 Å². The number of methoxy groups -OCH3 is 1. The lowest BCUT2D eigenvalue weighted by Gasteiger charge is -2.10. The Morgan fingerprint density at radius 2 is 1.95 bits per heavy atom. The molecule has 0 saturated carbocycles. The molecule has 0 atom stereocenters. The molecule has 3 N–H and O–H groups in total. The number of nitrogens with two attached hydrogens (primary N) is 1. The zero-order valence-corrected chi connectivity index (χ0v) is 13.3. The summed E-state index contributed by atoms with van der Waals surface area (Å²) in [5, 5.41) is 0. The average molecular weight is 375 g/mol. The minimum atomic E-state index is -3.80. The van der Waals surface area contributed by atoms with E-state index in [1.807, 2.05) is 0 Å². The number of hydrogen-bond donors (Lipinski definition) is 2. The topological polar surface area (TPSA) is 81.4 Å².